The zero-order valence-electron chi connectivity index (χ0n) is 11.0. The van der Waals surface area contributed by atoms with Gasteiger partial charge in [0.05, 0.1) is 6.10 Å². The molecule has 1 aromatic rings. The molecule has 1 fully saturated rings. The number of carbonyl (C=O) groups is 1. The quantitative estimate of drug-likeness (QED) is 0.839. The lowest BCUT2D eigenvalue weighted by molar-refractivity contribution is 0.00187. The van der Waals surface area contributed by atoms with Crippen molar-refractivity contribution in [2.75, 3.05) is 6.54 Å². The molecule has 1 amide bonds. The lowest BCUT2D eigenvalue weighted by atomic mass is 9.73. The maximum Gasteiger partial charge on any atom is 0.269 e. The van der Waals surface area contributed by atoms with E-state index in [1.807, 2.05) is 6.92 Å². The van der Waals surface area contributed by atoms with Gasteiger partial charge in [0.25, 0.3) is 5.91 Å². The third-order valence-electron chi connectivity index (χ3n) is 3.88. The molecule has 2 N–H and O–H groups in total. The van der Waals surface area contributed by atoms with Gasteiger partial charge in [-0.2, -0.15) is 0 Å². The molecule has 1 aliphatic carbocycles. The Bertz CT molecular complexity index is 467. The number of aliphatic hydroxyl groups excluding tert-OH is 1. The van der Waals surface area contributed by atoms with Crippen LogP contribution in [-0.2, 0) is 0 Å². The van der Waals surface area contributed by atoms with Crippen LogP contribution in [0.2, 0.25) is 0 Å². The van der Waals surface area contributed by atoms with Gasteiger partial charge in [-0.3, -0.25) is 4.79 Å². The predicted octanol–water partition coefficient (Wildman–Crippen LogP) is 2.52. The molecule has 1 aromatic heterocycles. The lowest BCUT2D eigenvalue weighted by Crippen LogP contribution is -2.45. The second kappa shape index (κ2) is 6.01. The van der Waals surface area contributed by atoms with E-state index in [1.54, 1.807) is 18.2 Å². The third kappa shape index (κ3) is 3.54. The van der Waals surface area contributed by atoms with Crippen LogP contribution in [-0.4, -0.2) is 28.6 Å². The molecule has 0 radical (unpaired) electrons. The van der Waals surface area contributed by atoms with Gasteiger partial charge in [0.15, 0.2) is 0 Å². The SMILES string of the molecule is CC1(CNC(=O)c2cccc(Br)n2)CCCCC1O. The van der Waals surface area contributed by atoms with Gasteiger partial charge < -0.3 is 10.4 Å². The summed E-state index contributed by atoms with van der Waals surface area (Å²) in [5.41, 5.74) is 0.170. The van der Waals surface area contributed by atoms with Gasteiger partial charge in [-0.1, -0.05) is 25.8 Å². The topological polar surface area (TPSA) is 62.2 Å². The predicted molar refractivity (Wildman–Crippen MR) is 76.9 cm³/mol. The van der Waals surface area contributed by atoms with Crippen molar-refractivity contribution in [2.24, 2.45) is 5.41 Å². The van der Waals surface area contributed by atoms with Crippen LogP contribution >= 0.6 is 15.9 Å². The molecule has 19 heavy (non-hydrogen) atoms. The van der Waals surface area contributed by atoms with E-state index in [0.29, 0.717) is 16.8 Å². The minimum absolute atomic E-state index is 0.194. The Labute approximate surface area is 121 Å². The molecule has 0 spiro atoms. The van der Waals surface area contributed by atoms with E-state index < -0.39 is 0 Å². The molecule has 2 rings (SSSR count). The van der Waals surface area contributed by atoms with Crippen molar-refractivity contribution in [1.29, 1.82) is 0 Å². The van der Waals surface area contributed by atoms with Crippen LogP contribution in [0, 0.1) is 5.41 Å². The first-order valence-corrected chi connectivity index (χ1v) is 7.39. The number of hydrogen-bond donors (Lipinski definition) is 2. The summed E-state index contributed by atoms with van der Waals surface area (Å²) in [5, 5.41) is 13.0. The van der Waals surface area contributed by atoms with Crippen LogP contribution in [0.1, 0.15) is 43.1 Å². The fourth-order valence-corrected chi connectivity index (χ4v) is 2.84. The van der Waals surface area contributed by atoms with E-state index in [9.17, 15) is 9.90 Å². The number of aromatic nitrogens is 1. The lowest BCUT2D eigenvalue weighted by Gasteiger charge is -2.38. The Balaban J connectivity index is 1.96. The number of hydrogen-bond acceptors (Lipinski definition) is 3. The van der Waals surface area contributed by atoms with Gasteiger partial charge in [-0.05, 0) is 40.9 Å². The first-order chi connectivity index (χ1) is 9.01. The molecule has 0 aliphatic heterocycles. The van der Waals surface area contributed by atoms with E-state index in [0.717, 1.165) is 25.7 Å². The van der Waals surface area contributed by atoms with Crippen LogP contribution in [0.15, 0.2) is 22.8 Å². The number of carbonyl (C=O) groups excluding carboxylic acids is 1. The molecular formula is C14H19BrN2O2. The molecule has 2 atom stereocenters. The maximum atomic E-state index is 12.0. The first-order valence-electron chi connectivity index (χ1n) is 6.60. The van der Waals surface area contributed by atoms with E-state index in [2.05, 4.69) is 26.2 Å². The molecule has 4 nitrogen and oxygen atoms in total. The van der Waals surface area contributed by atoms with Gasteiger partial charge in [0, 0.05) is 12.0 Å². The smallest absolute Gasteiger partial charge is 0.269 e. The highest BCUT2D eigenvalue weighted by molar-refractivity contribution is 9.10. The number of nitrogens with zero attached hydrogens (tertiary/aromatic N) is 1. The summed E-state index contributed by atoms with van der Waals surface area (Å²) in [6.45, 7) is 2.52. The number of pyridine rings is 1. The van der Waals surface area contributed by atoms with E-state index >= 15 is 0 Å². The summed E-state index contributed by atoms with van der Waals surface area (Å²) in [7, 11) is 0. The summed E-state index contributed by atoms with van der Waals surface area (Å²) >= 11 is 3.25. The van der Waals surface area contributed by atoms with E-state index in [-0.39, 0.29) is 17.4 Å². The Kier molecular flexibility index (Phi) is 4.58. The van der Waals surface area contributed by atoms with Crippen molar-refractivity contribution in [3.05, 3.63) is 28.5 Å². The molecule has 1 aliphatic rings. The van der Waals surface area contributed by atoms with Crippen LogP contribution in [0.3, 0.4) is 0 Å². The van der Waals surface area contributed by atoms with E-state index in [1.165, 1.54) is 0 Å². The fourth-order valence-electron chi connectivity index (χ4n) is 2.50. The van der Waals surface area contributed by atoms with Gasteiger partial charge in [0.1, 0.15) is 10.3 Å². The molecule has 1 heterocycles. The Morgan fingerprint density at radius 3 is 3.05 bits per heavy atom. The monoisotopic (exact) mass is 326 g/mol. The zero-order valence-corrected chi connectivity index (χ0v) is 12.6. The number of halogens is 1. The Morgan fingerprint density at radius 1 is 1.58 bits per heavy atom. The number of aliphatic hydroxyl groups is 1. The summed E-state index contributed by atoms with van der Waals surface area (Å²) in [4.78, 5) is 16.1. The van der Waals surface area contributed by atoms with Crippen molar-refractivity contribution >= 4 is 21.8 Å². The molecule has 0 aromatic carbocycles. The Morgan fingerprint density at radius 2 is 2.37 bits per heavy atom. The average molecular weight is 327 g/mol. The van der Waals surface area contributed by atoms with E-state index in [4.69, 9.17) is 0 Å². The van der Waals surface area contributed by atoms with Crippen LogP contribution in [0.5, 0.6) is 0 Å². The largest absolute Gasteiger partial charge is 0.392 e. The average Bonchev–Trinajstić information content (AvgIpc) is 2.40. The van der Waals surface area contributed by atoms with Crippen molar-refractivity contribution < 1.29 is 9.90 Å². The summed E-state index contributed by atoms with van der Waals surface area (Å²) < 4.78 is 0.643. The van der Waals surface area contributed by atoms with Crippen molar-refractivity contribution in [1.82, 2.24) is 10.3 Å². The third-order valence-corrected chi connectivity index (χ3v) is 4.32. The highest BCUT2D eigenvalue weighted by Crippen LogP contribution is 2.35. The molecule has 1 saturated carbocycles. The second-order valence-corrected chi connectivity index (χ2v) is 6.26. The summed E-state index contributed by atoms with van der Waals surface area (Å²) in [6.07, 6.45) is 3.61. The number of rotatable bonds is 3. The summed E-state index contributed by atoms with van der Waals surface area (Å²) in [6, 6.07) is 5.24. The van der Waals surface area contributed by atoms with Gasteiger partial charge in [-0.15, -0.1) is 0 Å². The van der Waals surface area contributed by atoms with Crippen molar-refractivity contribution in [3.8, 4) is 0 Å². The maximum absolute atomic E-state index is 12.0. The van der Waals surface area contributed by atoms with Crippen molar-refractivity contribution in [3.63, 3.8) is 0 Å². The molecule has 104 valence electrons. The van der Waals surface area contributed by atoms with Crippen LogP contribution < -0.4 is 5.32 Å². The highest BCUT2D eigenvalue weighted by atomic mass is 79.9. The second-order valence-electron chi connectivity index (χ2n) is 5.44. The molecule has 5 heteroatoms. The fraction of sp³-hybridized carbons (Fsp3) is 0.571. The van der Waals surface area contributed by atoms with Gasteiger partial charge in [0.2, 0.25) is 0 Å². The molecule has 0 bridgehead atoms. The van der Waals surface area contributed by atoms with Crippen LogP contribution in [0.25, 0.3) is 0 Å². The van der Waals surface area contributed by atoms with Gasteiger partial charge >= 0.3 is 0 Å². The number of nitrogens with one attached hydrogen (secondary N) is 1. The van der Waals surface area contributed by atoms with Gasteiger partial charge in [-0.25, -0.2) is 4.98 Å². The molecular weight excluding hydrogens is 308 g/mol. The highest BCUT2D eigenvalue weighted by Gasteiger charge is 2.35. The standard InChI is InChI=1S/C14H19BrN2O2/c1-14(8-3-2-6-11(14)18)9-16-13(19)10-5-4-7-12(15)17-10/h4-5,7,11,18H,2-3,6,8-9H2,1H3,(H,16,19). The first kappa shape index (κ1) is 14.5. The normalized spacial score (nSPS) is 27.0. The minimum atomic E-state index is -0.336. The molecule has 2 unspecified atom stereocenters. The zero-order chi connectivity index (χ0) is 13.9. The number of amides is 1. The Hall–Kier alpha value is -0.940. The summed E-state index contributed by atoms with van der Waals surface area (Å²) in [5.74, 6) is -0.194. The van der Waals surface area contributed by atoms with Crippen molar-refractivity contribution in [2.45, 2.75) is 38.7 Å². The molecule has 0 saturated heterocycles. The minimum Gasteiger partial charge on any atom is -0.392 e. The van der Waals surface area contributed by atoms with Crippen LogP contribution in [0.4, 0.5) is 0 Å².